The Balaban J connectivity index is 1.35. The monoisotopic (exact) mass is 518 g/mol. The van der Waals surface area contributed by atoms with Crippen LogP contribution in [0.4, 0.5) is 0 Å². The summed E-state index contributed by atoms with van der Waals surface area (Å²) in [6, 6.07) is 0. The summed E-state index contributed by atoms with van der Waals surface area (Å²) in [4.78, 5) is 12.9. The van der Waals surface area contributed by atoms with Crippen LogP contribution in [-0.2, 0) is 33.2 Å². The van der Waals surface area contributed by atoms with Crippen LogP contribution < -0.4 is 0 Å². The van der Waals surface area contributed by atoms with Gasteiger partial charge in [0.1, 0.15) is 0 Å². The first-order chi connectivity index (χ1) is 17.6. The van der Waals surface area contributed by atoms with Crippen LogP contribution in [0.3, 0.4) is 0 Å². The van der Waals surface area contributed by atoms with E-state index < -0.39 is 34.8 Å². The van der Waals surface area contributed by atoms with E-state index in [1.165, 1.54) is 12.7 Å². The smallest absolute Gasteiger partial charge is 0.366 e. The molecule has 0 radical (unpaired) electrons. The maximum absolute atomic E-state index is 12.9. The minimum Gasteiger partial charge on any atom is -0.465 e. The first-order valence-corrected chi connectivity index (χ1v) is 14.3. The van der Waals surface area contributed by atoms with E-state index in [1.54, 1.807) is 0 Å². The summed E-state index contributed by atoms with van der Waals surface area (Å²) in [6.45, 7) is 9.13. The van der Waals surface area contributed by atoms with Gasteiger partial charge in [-0.2, -0.15) is 0 Å². The highest BCUT2D eigenvalue weighted by atomic mass is 16.7. The van der Waals surface area contributed by atoms with Crippen LogP contribution in [-0.4, -0.2) is 67.6 Å². The second-order valence-electron chi connectivity index (χ2n) is 13.5. The van der Waals surface area contributed by atoms with E-state index in [0.717, 1.165) is 38.5 Å². The van der Waals surface area contributed by atoms with Crippen molar-refractivity contribution in [1.29, 1.82) is 0 Å². The van der Waals surface area contributed by atoms with Crippen LogP contribution in [0, 0.1) is 34.5 Å². The van der Waals surface area contributed by atoms with Crippen LogP contribution in [0.1, 0.15) is 72.1 Å². The third-order valence-corrected chi connectivity index (χ3v) is 11.9. The Morgan fingerprint density at radius 2 is 1.76 bits per heavy atom. The lowest BCUT2D eigenvalue weighted by atomic mass is 9.42. The molecule has 37 heavy (non-hydrogen) atoms. The normalized spacial score (nSPS) is 51.2. The van der Waals surface area contributed by atoms with Crippen molar-refractivity contribution in [2.24, 2.45) is 34.5 Å². The van der Waals surface area contributed by atoms with Gasteiger partial charge in [-0.05, 0) is 49.4 Å². The SMILES string of the molecule is COC(=O)[C@]1(O)O[C@@]2(C[C@H]1C)C[C@@]1(C)[C@@H](CCC13OCCO3)[C@@H]1CC=C3CC4(CC[C@]3(C)[C@H]12)OCCO4. The van der Waals surface area contributed by atoms with Crippen molar-refractivity contribution >= 4 is 5.97 Å². The Bertz CT molecular complexity index is 1010. The summed E-state index contributed by atoms with van der Waals surface area (Å²) in [5.74, 6) is -3.29. The van der Waals surface area contributed by atoms with Gasteiger partial charge in [0.15, 0.2) is 11.6 Å². The molecule has 3 saturated heterocycles. The third kappa shape index (κ3) is 3.03. The van der Waals surface area contributed by atoms with E-state index in [4.69, 9.17) is 28.4 Å². The van der Waals surface area contributed by atoms with Gasteiger partial charge in [0.05, 0.1) is 39.1 Å². The topological polar surface area (TPSA) is 92.7 Å². The van der Waals surface area contributed by atoms with Gasteiger partial charge in [-0.1, -0.05) is 32.4 Å². The molecular weight excluding hydrogens is 476 g/mol. The zero-order valence-electron chi connectivity index (χ0n) is 22.7. The molecule has 0 aromatic carbocycles. The van der Waals surface area contributed by atoms with Gasteiger partial charge in [-0.3, -0.25) is 0 Å². The number of carbonyl (C=O) groups excluding carboxylic acids is 1. The molecule has 3 heterocycles. The van der Waals surface area contributed by atoms with Crippen LogP contribution in [0.15, 0.2) is 11.6 Å². The van der Waals surface area contributed by atoms with E-state index in [-0.39, 0.29) is 16.7 Å². The Morgan fingerprint density at radius 1 is 1.05 bits per heavy atom. The van der Waals surface area contributed by atoms with E-state index in [0.29, 0.717) is 51.1 Å². The molecular formula is C29H42O8. The first-order valence-electron chi connectivity index (χ1n) is 14.3. The predicted octanol–water partition coefficient (Wildman–Crippen LogP) is 3.70. The van der Waals surface area contributed by atoms with Crippen molar-refractivity contribution in [1.82, 2.24) is 0 Å². The number of carbonyl (C=O) groups is 1. The van der Waals surface area contributed by atoms with Crippen LogP contribution >= 0.6 is 0 Å². The number of esters is 1. The maximum atomic E-state index is 12.9. The largest absolute Gasteiger partial charge is 0.465 e. The first kappa shape index (κ1) is 25.0. The number of allylic oxidation sites excluding steroid dienone is 1. The van der Waals surface area contributed by atoms with Crippen molar-refractivity contribution < 1.29 is 38.3 Å². The lowest BCUT2D eigenvalue weighted by Gasteiger charge is -2.65. The summed E-state index contributed by atoms with van der Waals surface area (Å²) in [6.07, 6.45) is 9.17. The Morgan fingerprint density at radius 3 is 2.46 bits per heavy atom. The molecule has 0 amide bonds. The average Bonchev–Trinajstić information content (AvgIpc) is 3.63. The van der Waals surface area contributed by atoms with Gasteiger partial charge < -0.3 is 33.5 Å². The molecule has 0 aromatic rings. The van der Waals surface area contributed by atoms with Crippen molar-refractivity contribution in [2.75, 3.05) is 33.5 Å². The van der Waals surface area contributed by atoms with Crippen molar-refractivity contribution in [2.45, 2.75) is 95.1 Å². The summed E-state index contributed by atoms with van der Waals surface area (Å²) in [7, 11) is 1.32. The fraction of sp³-hybridized carbons (Fsp3) is 0.897. The maximum Gasteiger partial charge on any atom is 0.366 e. The second-order valence-corrected chi connectivity index (χ2v) is 13.5. The van der Waals surface area contributed by atoms with Crippen molar-refractivity contribution in [3.05, 3.63) is 11.6 Å². The van der Waals surface area contributed by atoms with E-state index in [1.807, 2.05) is 6.92 Å². The molecule has 6 fully saturated rings. The van der Waals surface area contributed by atoms with Gasteiger partial charge in [0.2, 0.25) is 0 Å². The Labute approximate surface area is 219 Å². The molecule has 0 unspecified atom stereocenters. The molecule has 3 spiro atoms. The van der Waals surface area contributed by atoms with Crippen molar-refractivity contribution in [3.8, 4) is 0 Å². The molecule has 4 aliphatic carbocycles. The van der Waals surface area contributed by atoms with Gasteiger partial charge >= 0.3 is 5.97 Å². The molecule has 8 heteroatoms. The minimum absolute atomic E-state index is 0.140. The number of aliphatic hydroxyl groups is 1. The molecule has 8 nitrogen and oxygen atoms in total. The standard InChI is InChI=1S/C29H42O8/c1-18-15-26(37-29(18,31)23(30)32-4)17-25(3)21(7-8-28(25)35-13-14-36-28)20-6-5-19-16-27(33-11-12-34-27)10-9-24(19,2)22(20)26/h5,18,20-22,31H,6-17H2,1-4H3/t18-,20+,21+,22+,24+,25+,26+,29-/m1/s1. The molecule has 3 aliphatic heterocycles. The van der Waals surface area contributed by atoms with Crippen LogP contribution in [0.25, 0.3) is 0 Å². The minimum atomic E-state index is -1.96. The summed E-state index contributed by atoms with van der Waals surface area (Å²) < 4.78 is 37.0. The molecule has 206 valence electrons. The molecule has 8 atom stereocenters. The molecule has 1 N–H and O–H groups in total. The van der Waals surface area contributed by atoms with Crippen LogP contribution in [0.5, 0.6) is 0 Å². The van der Waals surface area contributed by atoms with Gasteiger partial charge in [0, 0.05) is 36.5 Å². The quantitative estimate of drug-likeness (QED) is 0.415. The number of methoxy groups -OCH3 is 1. The van der Waals surface area contributed by atoms with Gasteiger partial charge in [-0.25, -0.2) is 4.79 Å². The highest BCUT2D eigenvalue weighted by Gasteiger charge is 2.76. The molecule has 0 aromatic heterocycles. The Hall–Kier alpha value is -1.03. The molecule has 3 saturated carbocycles. The summed E-state index contributed by atoms with van der Waals surface area (Å²) in [5.41, 5.74) is 0.261. The summed E-state index contributed by atoms with van der Waals surface area (Å²) >= 11 is 0. The highest BCUT2D eigenvalue weighted by molar-refractivity contribution is 5.78. The predicted molar refractivity (Wildman–Crippen MR) is 131 cm³/mol. The lowest BCUT2D eigenvalue weighted by Crippen LogP contribution is -2.66. The Kier molecular flexibility index (Phi) is 5.26. The zero-order valence-corrected chi connectivity index (χ0v) is 22.7. The van der Waals surface area contributed by atoms with E-state index in [2.05, 4.69) is 19.9 Å². The van der Waals surface area contributed by atoms with Gasteiger partial charge in [-0.15, -0.1) is 0 Å². The average molecular weight is 519 g/mol. The molecule has 7 rings (SSSR count). The molecule has 7 aliphatic rings. The second kappa shape index (κ2) is 7.79. The lowest BCUT2D eigenvalue weighted by molar-refractivity contribution is -0.312. The third-order valence-electron chi connectivity index (χ3n) is 11.9. The number of rotatable bonds is 1. The van der Waals surface area contributed by atoms with E-state index >= 15 is 0 Å². The number of fused-ring (bicyclic) bond motifs is 7. The number of hydrogen-bond donors (Lipinski definition) is 1. The van der Waals surface area contributed by atoms with Gasteiger partial charge in [0.25, 0.3) is 5.79 Å². The summed E-state index contributed by atoms with van der Waals surface area (Å²) in [5, 5.41) is 11.7. The fourth-order valence-corrected chi connectivity index (χ4v) is 10.5. The number of hydrogen-bond acceptors (Lipinski definition) is 8. The zero-order chi connectivity index (χ0) is 25.9. The fourth-order valence-electron chi connectivity index (χ4n) is 10.5. The number of ether oxygens (including phenoxy) is 6. The van der Waals surface area contributed by atoms with Crippen molar-refractivity contribution in [3.63, 3.8) is 0 Å². The molecule has 0 bridgehead atoms. The van der Waals surface area contributed by atoms with E-state index in [9.17, 15) is 9.90 Å². The van der Waals surface area contributed by atoms with Crippen LogP contribution in [0.2, 0.25) is 0 Å². The highest BCUT2D eigenvalue weighted by Crippen LogP contribution is 2.74.